The lowest BCUT2D eigenvalue weighted by Gasteiger charge is -2.36. The molecular weight excluding hydrogens is 401 g/mol. The molecule has 30 heavy (non-hydrogen) atoms. The van der Waals surface area contributed by atoms with E-state index < -0.39 is 0 Å². The van der Waals surface area contributed by atoms with Gasteiger partial charge < -0.3 is 20.1 Å². The number of aromatic nitrogens is 3. The summed E-state index contributed by atoms with van der Waals surface area (Å²) in [7, 11) is 0. The number of aryl methyl sites for hydroxylation is 1. The van der Waals surface area contributed by atoms with Crippen molar-refractivity contribution in [3.05, 3.63) is 35.9 Å². The summed E-state index contributed by atoms with van der Waals surface area (Å²) in [6.45, 7) is 9.33. The van der Waals surface area contributed by atoms with Gasteiger partial charge in [0.2, 0.25) is 0 Å². The van der Waals surface area contributed by atoms with Gasteiger partial charge in [-0.15, -0.1) is 10.2 Å². The maximum absolute atomic E-state index is 13.1. The van der Waals surface area contributed by atoms with Crippen LogP contribution in [0.5, 0.6) is 0 Å². The van der Waals surface area contributed by atoms with E-state index in [9.17, 15) is 4.39 Å². The minimum absolute atomic E-state index is 0.208. The number of anilines is 1. The number of benzene rings is 1. The van der Waals surface area contributed by atoms with Crippen LogP contribution in [-0.2, 0) is 13.0 Å². The molecule has 9 heteroatoms. The van der Waals surface area contributed by atoms with Crippen molar-refractivity contribution in [1.82, 2.24) is 19.7 Å². The number of piperazine rings is 1. The molecule has 1 aliphatic heterocycles. The average molecular weight is 434 g/mol. The number of aliphatic imine (C=N–C) groups is 1. The molecule has 0 radical (unpaired) electrons. The Bertz CT molecular complexity index is 826. The first-order valence-corrected chi connectivity index (χ1v) is 11.7. The van der Waals surface area contributed by atoms with Crippen LogP contribution in [0.25, 0.3) is 0 Å². The highest BCUT2D eigenvalue weighted by molar-refractivity contribution is 7.98. The Morgan fingerprint density at radius 1 is 1.17 bits per heavy atom. The summed E-state index contributed by atoms with van der Waals surface area (Å²) in [5, 5.41) is 9.63. The zero-order valence-electron chi connectivity index (χ0n) is 18.1. The molecule has 0 unspecified atom stereocenters. The molecule has 1 aromatic carbocycles. The van der Waals surface area contributed by atoms with Crippen molar-refractivity contribution in [2.45, 2.75) is 38.4 Å². The summed E-state index contributed by atoms with van der Waals surface area (Å²) >= 11 is 1.63. The van der Waals surface area contributed by atoms with Crippen molar-refractivity contribution in [3.8, 4) is 0 Å². The summed E-state index contributed by atoms with van der Waals surface area (Å²) in [5.74, 6) is 1.96. The van der Waals surface area contributed by atoms with E-state index in [1.54, 1.807) is 11.8 Å². The molecule has 7 nitrogen and oxygen atoms in total. The Balaban J connectivity index is 1.46. The molecule has 164 valence electrons. The monoisotopic (exact) mass is 433 g/mol. The van der Waals surface area contributed by atoms with E-state index >= 15 is 0 Å². The zero-order valence-corrected chi connectivity index (χ0v) is 18.9. The third kappa shape index (κ3) is 5.87. The van der Waals surface area contributed by atoms with Crippen molar-refractivity contribution < 1.29 is 4.39 Å². The predicted molar refractivity (Wildman–Crippen MR) is 122 cm³/mol. The standard InChI is InChI=1S/C21H32FN7S/c1-16(2)15-29-19(25-26-21(29)30-3)5-4-10-24-20(23)28-13-11-27(12-14-28)18-8-6-17(22)7-9-18/h6-9,16H,4-5,10-15H2,1-3H3,(H2,23,24). The molecule has 2 aromatic rings. The third-order valence-corrected chi connectivity index (χ3v) is 5.82. The van der Waals surface area contributed by atoms with E-state index in [2.05, 4.69) is 43.4 Å². The number of nitrogens with two attached hydrogens (primary N) is 1. The second kappa shape index (κ2) is 10.7. The van der Waals surface area contributed by atoms with Crippen molar-refractivity contribution >= 4 is 23.4 Å². The fourth-order valence-corrected chi connectivity index (χ4v) is 4.10. The minimum atomic E-state index is -0.208. The van der Waals surface area contributed by atoms with Crippen LogP contribution in [0.2, 0.25) is 0 Å². The molecule has 0 saturated carbocycles. The second-order valence-electron chi connectivity index (χ2n) is 7.90. The molecule has 0 bridgehead atoms. The van der Waals surface area contributed by atoms with Gasteiger partial charge in [-0.1, -0.05) is 25.6 Å². The van der Waals surface area contributed by atoms with Gasteiger partial charge in [0.15, 0.2) is 11.1 Å². The lowest BCUT2D eigenvalue weighted by molar-refractivity contribution is 0.380. The quantitative estimate of drug-likeness (QED) is 0.299. The van der Waals surface area contributed by atoms with Crippen LogP contribution in [-0.4, -0.2) is 64.6 Å². The number of hydrogen-bond acceptors (Lipinski definition) is 5. The molecule has 0 spiro atoms. The maximum Gasteiger partial charge on any atom is 0.191 e. The lowest BCUT2D eigenvalue weighted by Crippen LogP contribution is -2.51. The van der Waals surface area contributed by atoms with Gasteiger partial charge in [0.05, 0.1) is 0 Å². The number of rotatable bonds is 8. The van der Waals surface area contributed by atoms with E-state index in [0.717, 1.165) is 62.2 Å². The van der Waals surface area contributed by atoms with Crippen LogP contribution in [0.3, 0.4) is 0 Å². The van der Waals surface area contributed by atoms with Gasteiger partial charge in [-0.3, -0.25) is 4.99 Å². The van der Waals surface area contributed by atoms with Crippen molar-refractivity contribution in [1.29, 1.82) is 0 Å². The van der Waals surface area contributed by atoms with Gasteiger partial charge in [-0.2, -0.15) is 0 Å². The summed E-state index contributed by atoms with van der Waals surface area (Å²) < 4.78 is 15.3. The van der Waals surface area contributed by atoms with E-state index in [1.165, 1.54) is 12.1 Å². The van der Waals surface area contributed by atoms with E-state index in [-0.39, 0.29) is 5.82 Å². The molecule has 0 atom stereocenters. The molecule has 2 N–H and O–H groups in total. The summed E-state index contributed by atoms with van der Waals surface area (Å²) in [6.07, 6.45) is 3.77. The largest absolute Gasteiger partial charge is 0.370 e. The fraction of sp³-hybridized carbons (Fsp3) is 0.571. The van der Waals surface area contributed by atoms with Gasteiger partial charge in [-0.25, -0.2) is 4.39 Å². The Morgan fingerprint density at radius 2 is 1.87 bits per heavy atom. The van der Waals surface area contributed by atoms with Crippen LogP contribution < -0.4 is 10.6 Å². The topological polar surface area (TPSA) is 75.6 Å². The highest BCUT2D eigenvalue weighted by atomic mass is 32.2. The fourth-order valence-electron chi connectivity index (χ4n) is 3.58. The lowest BCUT2D eigenvalue weighted by atomic mass is 10.2. The van der Waals surface area contributed by atoms with Crippen LogP contribution in [0.1, 0.15) is 26.1 Å². The van der Waals surface area contributed by atoms with Crippen molar-refractivity contribution in [2.24, 2.45) is 16.6 Å². The molecule has 0 aliphatic carbocycles. The summed E-state index contributed by atoms with van der Waals surface area (Å²) in [5.41, 5.74) is 7.27. The smallest absolute Gasteiger partial charge is 0.191 e. The van der Waals surface area contributed by atoms with E-state index in [0.29, 0.717) is 18.4 Å². The first-order chi connectivity index (χ1) is 14.5. The van der Waals surface area contributed by atoms with Crippen molar-refractivity contribution in [2.75, 3.05) is 43.9 Å². The van der Waals surface area contributed by atoms with Gasteiger partial charge >= 0.3 is 0 Å². The van der Waals surface area contributed by atoms with Crippen LogP contribution in [0.4, 0.5) is 10.1 Å². The molecular formula is C21H32FN7S. The van der Waals surface area contributed by atoms with Gasteiger partial charge in [0.1, 0.15) is 11.6 Å². The number of nitrogens with zero attached hydrogens (tertiary/aromatic N) is 6. The molecule has 0 amide bonds. The normalized spacial score (nSPS) is 15.3. The van der Waals surface area contributed by atoms with Crippen molar-refractivity contribution in [3.63, 3.8) is 0 Å². The molecule has 3 rings (SSSR count). The first-order valence-electron chi connectivity index (χ1n) is 10.5. The van der Waals surface area contributed by atoms with Crippen LogP contribution >= 0.6 is 11.8 Å². The predicted octanol–water partition coefficient (Wildman–Crippen LogP) is 2.86. The molecule has 1 fully saturated rings. The molecule has 1 aliphatic rings. The maximum atomic E-state index is 13.1. The van der Waals surface area contributed by atoms with Gasteiger partial charge in [0, 0.05) is 51.4 Å². The zero-order chi connectivity index (χ0) is 21.5. The second-order valence-corrected chi connectivity index (χ2v) is 8.67. The van der Waals surface area contributed by atoms with Crippen LogP contribution in [0, 0.1) is 11.7 Å². The van der Waals surface area contributed by atoms with Gasteiger partial charge in [0.25, 0.3) is 0 Å². The third-order valence-electron chi connectivity index (χ3n) is 5.15. The number of hydrogen-bond donors (Lipinski definition) is 1. The Morgan fingerprint density at radius 3 is 2.50 bits per heavy atom. The van der Waals surface area contributed by atoms with Gasteiger partial charge in [-0.05, 0) is 42.9 Å². The Labute approximate surface area is 182 Å². The summed E-state index contributed by atoms with van der Waals surface area (Å²) in [6, 6.07) is 6.65. The molecule has 1 aromatic heterocycles. The number of guanidine groups is 1. The van der Waals surface area contributed by atoms with E-state index in [4.69, 9.17) is 5.73 Å². The highest BCUT2D eigenvalue weighted by Crippen LogP contribution is 2.18. The SMILES string of the molecule is CSc1nnc(CCCN=C(N)N2CCN(c3ccc(F)cc3)CC2)n1CC(C)C. The number of halogens is 1. The average Bonchev–Trinajstić information content (AvgIpc) is 3.12. The molecule has 2 heterocycles. The first kappa shape index (κ1) is 22.4. The van der Waals surface area contributed by atoms with E-state index in [1.807, 2.05) is 18.4 Å². The minimum Gasteiger partial charge on any atom is -0.370 e. The number of thioether (sulfide) groups is 1. The Hall–Kier alpha value is -2.29. The molecule has 1 saturated heterocycles. The highest BCUT2D eigenvalue weighted by Gasteiger charge is 2.18. The van der Waals surface area contributed by atoms with Crippen LogP contribution in [0.15, 0.2) is 34.4 Å². The Kier molecular flexibility index (Phi) is 7.95. The summed E-state index contributed by atoms with van der Waals surface area (Å²) in [4.78, 5) is 8.94.